The van der Waals surface area contributed by atoms with Gasteiger partial charge in [-0.1, -0.05) is 0 Å². The molecule has 11 heteroatoms. The highest BCUT2D eigenvalue weighted by molar-refractivity contribution is 6.00. The van der Waals surface area contributed by atoms with Crippen LogP contribution in [0.25, 0.3) is 17.0 Å². The maximum absolute atomic E-state index is 14.1. The summed E-state index contributed by atoms with van der Waals surface area (Å²) < 4.78 is 26.1. The van der Waals surface area contributed by atoms with Crippen LogP contribution in [0.1, 0.15) is 24.2 Å². The van der Waals surface area contributed by atoms with Gasteiger partial charge in [0.15, 0.2) is 5.65 Å². The van der Waals surface area contributed by atoms with Crippen molar-refractivity contribution in [3.05, 3.63) is 36.3 Å². The van der Waals surface area contributed by atoms with Gasteiger partial charge in [-0.25, -0.2) is 13.9 Å². The van der Waals surface area contributed by atoms with E-state index in [1.165, 1.54) is 20.0 Å². The van der Waals surface area contributed by atoms with Crippen LogP contribution in [0.4, 0.5) is 10.1 Å². The number of imidazole rings is 1. The van der Waals surface area contributed by atoms with Gasteiger partial charge in [0.1, 0.15) is 17.6 Å². The lowest BCUT2D eigenvalue weighted by Crippen LogP contribution is -2.43. The highest BCUT2D eigenvalue weighted by atomic mass is 19.1. The highest BCUT2D eigenvalue weighted by Crippen LogP contribution is 2.26. The molecule has 10 nitrogen and oxygen atoms in total. The second-order valence-corrected chi connectivity index (χ2v) is 8.13. The summed E-state index contributed by atoms with van der Waals surface area (Å²) in [6, 6.07) is 3.52. The number of rotatable bonds is 8. The third-order valence-corrected chi connectivity index (χ3v) is 5.19. The molecule has 0 aliphatic carbocycles. The summed E-state index contributed by atoms with van der Waals surface area (Å²) in [6.07, 6.45) is 3.02. The number of anilines is 1. The number of ether oxygens (including phenoxy) is 2. The molecule has 1 aliphatic rings. The summed E-state index contributed by atoms with van der Waals surface area (Å²) in [5, 5.41) is 19.9. The summed E-state index contributed by atoms with van der Waals surface area (Å²) in [7, 11) is 1.55. The molecule has 1 fully saturated rings. The number of amides is 1. The minimum atomic E-state index is -1.61. The first-order valence-electron chi connectivity index (χ1n) is 10.1. The molecule has 3 N–H and O–H groups in total. The van der Waals surface area contributed by atoms with E-state index >= 15 is 0 Å². The molecule has 1 aliphatic heterocycles. The minimum Gasteiger partial charge on any atom is -0.495 e. The monoisotopic (exact) mass is 444 g/mol. The number of aromatic nitrogens is 4. The van der Waals surface area contributed by atoms with Gasteiger partial charge in [0.2, 0.25) is 0 Å². The number of methoxy groups -OCH3 is 1. The summed E-state index contributed by atoms with van der Waals surface area (Å²) >= 11 is 0. The lowest BCUT2D eigenvalue weighted by atomic mass is 10.0. The van der Waals surface area contributed by atoms with Crippen LogP contribution in [0, 0.1) is 0 Å². The quantitative estimate of drug-likeness (QED) is 0.477. The van der Waals surface area contributed by atoms with Crippen molar-refractivity contribution in [1.82, 2.24) is 24.9 Å². The van der Waals surface area contributed by atoms with Gasteiger partial charge >= 0.3 is 0 Å². The van der Waals surface area contributed by atoms with E-state index in [1.807, 2.05) is 0 Å². The fraction of sp³-hybridized carbons (Fsp3) is 0.429. The Labute approximate surface area is 183 Å². The normalized spacial score (nSPS) is 15.3. The molecule has 170 valence electrons. The molecule has 4 rings (SSSR count). The van der Waals surface area contributed by atoms with Crippen molar-refractivity contribution >= 4 is 17.2 Å². The second kappa shape index (κ2) is 8.67. The number of aliphatic hydroxyl groups is 1. The lowest BCUT2D eigenvalue weighted by Gasteiger charge is -2.29. The summed E-state index contributed by atoms with van der Waals surface area (Å²) in [6.45, 7) is 3.41. The van der Waals surface area contributed by atoms with E-state index in [1.54, 1.807) is 36.2 Å². The van der Waals surface area contributed by atoms with Crippen LogP contribution >= 0.6 is 0 Å². The molecule has 0 aromatic carbocycles. The van der Waals surface area contributed by atoms with Gasteiger partial charge in [-0.2, -0.15) is 5.10 Å². The molecule has 3 aromatic rings. The SMILES string of the molecule is COc1cnn2c(-c3cc(NC4COC4)c(C(=O)NCC(F)C(C)(C)O)cn3)cnc2c1. The van der Waals surface area contributed by atoms with Gasteiger partial charge < -0.3 is 25.2 Å². The third-order valence-electron chi connectivity index (χ3n) is 5.19. The Balaban J connectivity index is 1.63. The first-order chi connectivity index (χ1) is 15.3. The van der Waals surface area contributed by atoms with Crippen molar-refractivity contribution in [2.75, 3.05) is 32.2 Å². The van der Waals surface area contributed by atoms with Crippen molar-refractivity contribution in [1.29, 1.82) is 0 Å². The Kier molecular flexibility index (Phi) is 5.94. The number of pyridine rings is 1. The van der Waals surface area contributed by atoms with Gasteiger partial charge in [0.25, 0.3) is 5.91 Å². The predicted octanol–water partition coefficient (Wildman–Crippen LogP) is 1.45. The zero-order chi connectivity index (χ0) is 22.9. The molecule has 0 saturated carbocycles. The fourth-order valence-corrected chi connectivity index (χ4v) is 3.11. The maximum atomic E-state index is 14.1. The van der Waals surface area contributed by atoms with Gasteiger partial charge in [-0.15, -0.1) is 0 Å². The van der Waals surface area contributed by atoms with E-state index in [0.29, 0.717) is 41.7 Å². The molecule has 0 spiro atoms. The molecule has 1 amide bonds. The minimum absolute atomic E-state index is 0.0478. The average molecular weight is 444 g/mol. The molecule has 0 bridgehead atoms. The standard InChI is InChI=1S/C21H25FN6O4/c1-21(2,30)18(22)9-25-20(29)14-7-23-16(5-15(14)27-12-10-32-11-12)17-8-24-19-4-13(31-3)6-26-28(17)19/h4-8,12,18,30H,9-11H2,1-3H3,(H,23,27)(H,25,29). The van der Waals surface area contributed by atoms with Crippen molar-refractivity contribution in [3.63, 3.8) is 0 Å². The van der Waals surface area contributed by atoms with E-state index in [4.69, 9.17) is 9.47 Å². The number of alkyl halides is 1. The maximum Gasteiger partial charge on any atom is 0.255 e. The molecule has 0 radical (unpaired) electrons. The van der Waals surface area contributed by atoms with E-state index in [-0.39, 0.29) is 18.2 Å². The van der Waals surface area contributed by atoms with Crippen molar-refractivity contribution in [2.45, 2.75) is 31.7 Å². The molecule has 4 heterocycles. The summed E-state index contributed by atoms with van der Waals surface area (Å²) in [5.41, 5.74) is 1.00. The molecular formula is C21H25FN6O4. The Morgan fingerprint density at radius 1 is 1.34 bits per heavy atom. The van der Waals surface area contributed by atoms with Crippen LogP contribution in [-0.2, 0) is 4.74 Å². The topological polar surface area (TPSA) is 123 Å². The number of fused-ring (bicyclic) bond motifs is 1. The van der Waals surface area contributed by atoms with Crippen LogP contribution in [0.15, 0.2) is 30.7 Å². The summed E-state index contributed by atoms with van der Waals surface area (Å²) in [4.78, 5) is 21.5. The van der Waals surface area contributed by atoms with Crippen LogP contribution in [-0.4, -0.2) is 75.3 Å². The van der Waals surface area contributed by atoms with E-state index in [2.05, 4.69) is 25.7 Å². The lowest BCUT2D eigenvalue weighted by molar-refractivity contribution is -0.00178. The Morgan fingerprint density at radius 3 is 2.78 bits per heavy atom. The van der Waals surface area contributed by atoms with Gasteiger partial charge in [0, 0.05) is 12.3 Å². The van der Waals surface area contributed by atoms with Gasteiger partial charge in [0.05, 0.1) is 67.8 Å². The van der Waals surface area contributed by atoms with Gasteiger partial charge in [-0.05, 0) is 19.9 Å². The number of halogens is 1. The van der Waals surface area contributed by atoms with Crippen molar-refractivity contribution in [2.24, 2.45) is 0 Å². The fourth-order valence-electron chi connectivity index (χ4n) is 3.11. The van der Waals surface area contributed by atoms with Crippen LogP contribution < -0.4 is 15.4 Å². The smallest absolute Gasteiger partial charge is 0.255 e. The van der Waals surface area contributed by atoms with E-state index in [0.717, 1.165) is 0 Å². The molecular weight excluding hydrogens is 419 g/mol. The zero-order valence-electron chi connectivity index (χ0n) is 18.0. The largest absolute Gasteiger partial charge is 0.495 e. The Bertz CT molecular complexity index is 1130. The van der Waals surface area contributed by atoms with Gasteiger partial charge in [-0.3, -0.25) is 9.78 Å². The van der Waals surface area contributed by atoms with Crippen LogP contribution in [0.3, 0.4) is 0 Å². The number of carbonyl (C=O) groups excluding carboxylic acids is 1. The number of nitrogens with one attached hydrogen (secondary N) is 2. The third kappa shape index (κ3) is 4.48. The Hall–Kier alpha value is -3.31. The average Bonchev–Trinajstić information content (AvgIpc) is 3.16. The van der Waals surface area contributed by atoms with Crippen LogP contribution in [0.5, 0.6) is 5.75 Å². The molecule has 1 unspecified atom stereocenters. The molecule has 3 aromatic heterocycles. The number of nitrogens with zero attached hydrogens (tertiary/aromatic N) is 4. The van der Waals surface area contributed by atoms with E-state index in [9.17, 15) is 14.3 Å². The highest BCUT2D eigenvalue weighted by Gasteiger charge is 2.28. The number of hydrogen-bond donors (Lipinski definition) is 3. The predicted molar refractivity (Wildman–Crippen MR) is 115 cm³/mol. The summed E-state index contributed by atoms with van der Waals surface area (Å²) in [5.74, 6) is 0.0823. The van der Waals surface area contributed by atoms with Crippen LogP contribution in [0.2, 0.25) is 0 Å². The molecule has 32 heavy (non-hydrogen) atoms. The van der Waals surface area contributed by atoms with Crippen molar-refractivity contribution < 1.29 is 23.8 Å². The second-order valence-electron chi connectivity index (χ2n) is 8.13. The zero-order valence-corrected chi connectivity index (χ0v) is 18.0. The number of carbonyl (C=O) groups is 1. The van der Waals surface area contributed by atoms with Crippen molar-refractivity contribution in [3.8, 4) is 17.1 Å². The Morgan fingerprint density at radius 2 is 2.12 bits per heavy atom. The first kappa shape index (κ1) is 21.9. The molecule has 1 saturated heterocycles. The number of hydrogen-bond acceptors (Lipinski definition) is 8. The first-order valence-corrected chi connectivity index (χ1v) is 10.1. The molecule has 1 atom stereocenters. The van der Waals surface area contributed by atoms with E-state index < -0.39 is 17.7 Å².